The molecule has 2 amide bonds. The quantitative estimate of drug-likeness (QED) is 0.137. The summed E-state index contributed by atoms with van der Waals surface area (Å²) in [7, 11) is 0. The summed E-state index contributed by atoms with van der Waals surface area (Å²) in [6.07, 6.45) is 11.9. The molecule has 35 heavy (non-hydrogen) atoms. The number of carbonyl (C=O) groups is 3. The average molecular weight is 504 g/mol. The van der Waals surface area contributed by atoms with Gasteiger partial charge in [-0.1, -0.05) is 58.3 Å². The maximum absolute atomic E-state index is 11.5. The Morgan fingerprint density at radius 1 is 0.600 bits per heavy atom. The van der Waals surface area contributed by atoms with E-state index in [2.05, 4.69) is 11.8 Å². The van der Waals surface area contributed by atoms with Gasteiger partial charge < -0.3 is 28.5 Å². The van der Waals surface area contributed by atoms with E-state index in [1.807, 2.05) is 0 Å². The van der Waals surface area contributed by atoms with Crippen molar-refractivity contribution in [2.45, 2.75) is 77.6 Å². The Morgan fingerprint density at radius 2 is 1.00 bits per heavy atom. The predicted octanol–water partition coefficient (Wildman–Crippen LogP) is 3.21. The summed E-state index contributed by atoms with van der Waals surface area (Å²) in [5, 5.41) is 0.495. The van der Waals surface area contributed by atoms with Gasteiger partial charge in [0.2, 0.25) is 0 Å². The molecule has 0 aliphatic carbocycles. The fourth-order valence-corrected chi connectivity index (χ4v) is 3.34. The van der Waals surface area contributed by atoms with E-state index in [0.29, 0.717) is 44.7 Å². The van der Waals surface area contributed by atoms with Gasteiger partial charge in [-0.25, -0.2) is 4.79 Å². The zero-order chi connectivity index (χ0) is 25.4. The lowest BCUT2D eigenvalue weighted by Gasteiger charge is -2.12. The largest absolute Gasteiger partial charge is 0.379 e. The third kappa shape index (κ3) is 18.4. The maximum atomic E-state index is 11.5. The van der Waals surface area contributed by atoms with Crippen molar-refractivity contribution in [3.8, 4) is 0 Å². The number of hydrogen-bond donors (Lipinski definition) is 0. The van der Waals surface area contributed by atoms with Gasteiger partial charge in [0.05, 0.1) is 52.9 Å². The minimum absolute atomic E-state index is 0.0584. The van der Waals surface area contributed by atoms with Gasteiger partial charge in [-0.15, -0.1) is 5.06 Å². The Kier molecular flexibility index (Phi) is 20.5. The van der Waals surface area contributed by atoms with Crippen LogP contribution in [-0.4, -0.2) is 88.9 Å². The molecule has 0 atom stereocenters. The summed E-state index contributed by atoms with van der Waals surface area (Å²) in [5.41, 5.74) is 0. The van der Waals surface area contributed by atoms with Crippen LogP contribution >= 0.6 is 0 Å². The molecule has 0 aromatic rings. The van der Waals surface area contributed by atoms with Gasteiger partial charge in [0.25, 0.3) is 11.8 Å². The smallest absolute Gasteiger partial charge is 0.358 e. The molecular weight excluding hydrogens is 458 g/mol. The summed E-state index contributed by atoms with van der Waals surface area (Å²) in [4.78, 5) is 38.9. The highest BCUT2D eigenvalue weighted by molar-refractivity contribution is 6.01. The van der Waals surface area contributed by atoms with Crippen molar-refractivity contribution < 1.29 is 42.9 Å². The Hall–Kier alpha value is -1.59. The molecule has 0 bridgehead atoms. The number of imide groups is 1. The van der Waals surface area contributed by atoms with Crippen molar-refractivity contribution in [2.75, 3.05) is 66.1 Å². The molecule has 10 nitrogen and oxygen atoms in total. The van der Waals surface area contributed by atoms with Crippen LogP contribution in [0.25, 0.3) is 0 Å². The van der Waals surface area contributed by atoms with E-state index in [-0.39, 0.29) is 32.7 Å². The zero-order valence-corrected chi connectivity index (χ0v) is 21.5. The number of ether oxygens (including phenoxy) is 5. The summed E-state index contributed by atoms with van der Waals surface area (Å²) in [6.45, 7) is 6.14. The van der Waals surface area contributed by atoms with Crippen LogP contribution in [0, 0.1) is 0 Å². The molecule has 1 aliphatic rings. The summed E-state index contributed by atoms with van der Waals surface area (Å²) in [5.74, 6) is -1.84. The number of carbonyl (C=O) groups excluding carboxylic acids is 3. The topological polar surface area (TPSA) is 110 Å². The van der Waals surface area contributed by atoms with Gasteiger partial charge in [-0.05, 0) is 6.42 Å². The number of amides is 2. The number of rotatable bonds is 25. The lowest BCUT2D eigenvalue weighted by Crippen LogP contribution is -2.33. The van der Waals surface area contributed by atoms with Crippen LogP contribution in [0.5, 0.6) is 0 Å². The van der Waals surface area contributed by atoms with Crippen molar-refractivity contribution in [3.05, 3.63) is 0 Å². The van der Waals surface area contributed by atoms with Gasteiger partial charge in [-0.2, -0.15) is 0 Å². The Bertz CT molecular complexity index is 543. The van der Waals surface area contributed by atoms with Crippen molar-refractivity contribution in [3.63, 3.8) is 0 Å². The fourth-order valence-electron chi connectivity index (χ4n) is 3.34. The fraction of sp³-hybridized carbons (Fsp3) is 0.880. The van der Waals surface area contributed by atoms with E-state index in [9.17, 15) is 14.4 Å². The normalized spacial score (nSPS) is 13.7. The summed E-state index contributed by atoms with van der Waals surface area (Å²) in [6, 6.07) is 0. The molecule has 0 unspecified atom stereocenters. The second-order valence-corrected chi connectivity index (χ2v) is 8.38. The molecule has 1 aliphatic heterocycles. The van der Waals surface area contributed by atoms with Gasteiger partial charge in [-0.3, -0.25) is 9.59 Å². The SMILES string of the molecule is CCCCCCCCCCCOCCOCCOCCOCCOCC(=O)ON1C(=O)CCC1=O. The van der Waals surface area contributed by atoms with Gasteiger partial charge in [0.1, 0.15) is 6.61 Å². The zero-order valence-electron chi connectivity index (χ0n) is 21.5. The molecule has 1 saturated heterocycles. The molecule has 0 saturated carbocycles. The van der Waals surface area contributed by atoms with E-state index < -0.39 is 17.8 Å². The van der Waals surface area contributed by atoms with Gasteiger partial charge in [0.15, 0.2) is 0 Å². The van der Waals surface area contributed by atoms with E-state index in [1.165, 1.54) is 51.4 Å². The van der Waals surface area contributed by atoms with Gasteiger partial charge >= 0.3 is 5.97 Å². The average Bonchev–Trinajstić information content (AvgIpc) is 3.16. The lowest BCUT2D eigenvalue weighted by molar-refractivity contribution is -0.200. The molecule has 0 radical (unpaired) electrons. The number of hydrogen-bond acceptors (Lipinski definition) is 9. The molecule has 1 heterocycles. The molecular formula is C25H45NO9. The number of nitrogens with zero attached hydrogens (tertiary/aromatic N) is 1. The minimum atomic E-state index is -0.800. The van der Waals surface area contributed by atoms with Crippen LogP contribution in [-0.2, 0) is 42.9 Å². The van der Waals surface area contributed by atoms with Crippen molar-refractivity contribution in [2.24, 2.45) is 0 Å². The van der Waals surface area contributed by atoms with Crippen molar-refractivity contribution in [1.82, 2.24) is 5.06 Å². The monoisotopic (exact) mass is 503 g/mol. The van der Waals surface area contributed by atoms with Crippen LogP contribution < -0.4 is 0 Å². The Balaban J connectivity index is 1.71. The minimum Gasteiger partial charge on any atom is -0.379 e. The molecule has 1 fully saturated rings. The maximum Gasteiger partial charge on any atom is 0.358 e. The van der Waals surface area contributed by atoms with Crippen LogP contribution in [0.2, 0.25) is 0 Å². The van der Waals surface area contributed by atoms with E-state index in [4.69, 9.17) is 23.7 Å². The second kappa shape index (κ2) is 22.8. The summed E-state index contributed by atoms with van der Waals surface area (Å²) < 4.78 is 26.9. The molecule has 204 valence electrons. The first-order chi connectivity index (χ1) is 17.1. The molecule has 10 heteroatoms. The van der Waals surface area contributed by atoms with Gasteiger partial charge in [0, 0.05) is 19.4 Å². The standard InChI is InChI=1S/C25H45NO9/c1-2-3-4-5-6-7-8-9-10-13-30-14-15-31-16-17-32-18-19-33-20-21-34-22-25(29)35-26-23(27)11-12-24(26)28/h2-22H2,1H3. The van der Waals surface area contributed by atoms with Crippen molar-refractivity contribution in [1.29, 1.82) is 0 Å². The highest BCUT2D eigenvalue weighted by Gasteiger charge is 2.32. The van der Waals surface area contributed by atoms with Crippen LogP contribution in [0.1, 0.15) is 77.6 Å². The van der Waals surface area contributed by atoms with E-state index in [0.717, 1.165) is 13.0 Å². The van der Waals surface area contributed by atoms with Crippen LogP contribution in [0.15, 0.2) is 0 Å². The van der Waals surface area contributed by atoms with Crippen LogP contribution in [0.4, 0.5) is 0 Å². The first-order valence-electron chi connectivity index (χ1n) is 13.1. The summed E-state index contributed by atoms with van der Waals surface area (Å²) >= 11 is 0. The number of hydroxylamine groups is 2. The van der Waals surface area contributed by atoms with Crippen molar-refractivity contribution >= 4 is 17.8 Å². The third-order valence-electron chi connectivity index (χ3n) is 5.30. The Labute approximate surface area is 209 Å². The third-order valence-corrected chi connectivity index (χ3v) is 5.30. The first-order valence-corrected chi connectivity index (χ1v) is 13.1. The highest BCUT2D eigenvalue weighted by Crippen LogP contribution is 2.12. The first kappa shape index (κ1) is 31.4. The second-order valence-electron chi connectivity index (χ2n) is 8.38. The molecule has 0 spiro atoms. The predicted molar refractivity (Wildman–Crippen MR) is 129 cm³/mol. The van der Waals surface area contributed by atoms with E-state index >= 15 is 0 Å². The number of unbranched alkanes of at least 4 members (excludes halogenated alkanes) is 8. The van der Waals surface area contributed by atoms with E-state index in [1.54, 1.807) is 0 Å². The lowest BCUT2D eigenvalue weighted by atomic mass is 10.1. The molecule has 1 rings (SSSR count). The highest BCUT2D eigenvalue weighted by atomic mass is 16.7. The van der Waals surface area contributed by atoms with Crippen LogP contribution in [0.3, 0.4) is 0 Å². The molecule has 0 N–H and O–H groups in total. The molecule has 0 aromatic carbocycles. The Morgan fingerprint density at radius 3 is 1.49 bits per heavy atom. The molecule has 0 aromatic heterocycles.